The van der Waals surface area contributed by atoms with Crippen LogP contribution in [0.5, 0.6) is 11.5 Å². The molecule has 0 saturated heterocycles. The fourth-order valence-corrected chi connectivity index (χ4v) is 2.65. The van der Waals surface area contributed by atoms with Crippen LogP contribution in [-0.4, -0.2) is 36.7 Å². The van der Waals surface area contributed by atoms with E-state index in [4.69, 9.17) is 9.47 Å². The summed E-state index contributed by atoms with van der Waals surface area (Å²) in [4.78, 5) is 37.3. The lowest BCUT2D eigenvalue weighted by molar-refractivity contribution is -0.307. The number of benzene rings is 1. The molecule has 24 heavy (non-hydrogen) atoms. The molecule has 0 aliphatic carbocycles. The monoisotopic (exact) mass is 349 g/mol. The van der Waals surface area contributed by atoms with E-state index in [2.05, 4.69) is 10.3 Å². The fraction of sp³-hybridized carbons (Fsp3) is 0.200. The summed E-state index contributed by atoms with van der Waals surface area (Å²) in [5.74, 6) is -1.57. The standard InChI is InChI=1S/C15H14N2O6S/c1-8(18)16-15-17-14(21)12(24-15)6-9-3-4-10(11(5-9)22-2)23-7-13(19)20/h3-6H,7H2,1-2H3,(H,19,20)(H,16,17,18,21)/p-1/b12-6+. The van der Waals surface area contributed by atoms with Gasteiger partial charge in [-0.1, -0.05) is 6.07 Å². The maximum absolute atomic E-state index is 11.8. The average molecular weight is 349 g/mol. The van der Waals surface area contributed by atoms with Crippen molar-refractivity contribution < 1.29 is 29.0 Å². The molecular weight excluding hydrogens is 336 g/mol. The zero-order valence-corrected chi connectivity index (χ0v) is 13.6. The number of carbonyl (C=O) groups is 3. The van der Waals surface area contributed by atoms with E-state index in [-0.39, 0.29) is 16.8 Å². The number of methoxy groups -OCH3 is 1. The van der Waals surface area contributed by atoms with E-state index >= 15 is 0 Å². The quantitative estimate of drug-likeness (QED) is 0.739. The highest BCUT2D eigenvalue weighted by Crippen LogP contribution is 2.32. The molecule has 8 nitrogen and oxygen atoms in total. The van der Waals surface area contributed by atoms with Gasteiger partial charge < -0.3 is 24.7 Å². The Labute approximate surface area is 141 Å². The van der Waals surface area contributed by atoms with Gasteiger partial charge in [0.2, 0.25) is 5.91 Å². The second-order valence-corrected chi connectivity index (χ2v) is 5.62. The Bertz CT molecular complexity index is 756. The van der Waals surface area contributed by atoms with Crippen LogP contribution < -0.4 is 19.9 Å². The SMILES string of the molecule is COc1cc(/C=C2/SC(NC(C)=O)=NC2=O)ccc1OCC(=O)[O-]. The first-order valence-electron chi connectivity index (χ1n) is 6.70. The molecule has 0 spiro atoms. The van der Waals surface area contributed by atoms with Gasteiger partial charge in [0.05, 0.1) is 18.0 Å². The van der Waals surface area contributed by atoms with E-state index in [1.807, 2.05) is 0 Å². The molecule has 0 bridgehead atoms. The van der Waals surface area contributed by atoms with E-state index in [1.165, 1.54) is 20.1 Å². The number of ether oxygens (including phenoxy) is 2. The zero-order valence-electron chi connectivity index (χ0n) is 12.8. The first-order valence-corrected chi connectivity index (χ1v) is 7.51. The number of nitrogens with zero attached hydrogens (tertiary/aromatic N) is 1. The summed E-state index contributed by atoms with van der Waals surface area (Å²) in [6, 6.07) is 4.74. The Morgan fingerprint density at radius 2 is 2.12 bits per heavy atom. The summed E-state index contributed by atoms with van der Waals surface area (Å²) >= 11 is 1.05. The van der Waals surface area contributed by atoms with Gasteiger partial charge in [-0.2, -0.15) is 4.99 Å². The third kappa shape index (κ3) is 4.59. The van der Waals surface area contributed by atoms with Gasteiger partial charge in [-0.3, -0.25) is 9.59 Å². The normalized spacial score (nSPS) is 15.2. The first kappa shape index (κ1) is 17.5. The van der Waals surface area contributed by atoms with Crippen molar-refractivity contribution in [2.24, 2.45) is 4.99 Å². The molecule has 0 saturated carbocycles. The molecule has 1 aliphatic heterocycles. The predicted molar refractivity (Wildman–Crippen MR) is 85.3 cm³/mol. The summed E-state index contributed by atoms with van der Waals surface area (Å²) in [7, 11) is 1.41. The van der Waals surface area contributed by atoms with Crippen LogP contribution in [0.2, 0.25) is 0 Å². The van der Waals surface area contributed by atoms with Gasteiger partial charge in [0.15, 0.2) is 16.7 Å². The van der Waals surface area contributed by atoms with E-state index in [9.17, 15) is 19.5 Å². The summed E-state index contributed by atoms with van der Waals surface area (Å²) in [5.41, 5.74) is 0.628. The predicted octanol–water partition coefficient (Wildman–Crippen LogP) is -0.0697. The van der Waals surface area contributed by atoms with Gasteiger partial charge >= 0.3 is 0 Å². The molecule has 9 heteroatoms. The molecular formula is C15H13N2O6S-. The van der Waals surface area contributed by atoms with E-state index in [0.717, 1.165) is 11.8 Å². The van der Waals surface area contributed by atoms with E-state index in [1.54, 1.807) is 18.2 Å². The molecule has 0 fully saturated rings. The van der Waals surface area contributed by atoms with Crippen molar-refractivity contribution in [2.45, 2.75) is 6.92 Å². The van der Waals surface area contributed by atoms with Crippen molar-refractivity contribution in [1.29, 1.82) is 0 Å². The number of nitrogens with one attached hydrogen (secondary N) is 1. The lowest BCUT2D eigenvalue weighted by atomic mass is 10.2. The first-order chi connectivity index (χ1) is 11.4. The largest absolute Gasteiger partial charge is 0.546 e. The second kappa shape index (κ2) is 7.64. The molecule has 1 aromatic carbocycles. The minimum absolute atomic E-state index is 0.222. The Hall–Kier alpha value is -2.81. The van der Waals surface area contributed by atoms with Gasteiger partial charge in [0.1, 0.15) is 6.61 Å². The number of aliphatic carboxylic acids is 1. The Morgan fingerprint density at radius 1 is 1.38 bits per heavy atom. The molecule has 1 N–H and O–H groups in total. The van der Waals surface area contributed by atoms with Crippen LogP contribution in [0.1, 0.15) is 12.5 Å². The summed E-state index contributed by atoms with van der Waals surface area (Å²) in [6.45, 7) is 0.727. The lowest BCUT2D eigenvalue weighted by Crippen LogP contribution is -2.29. The highest BCUT2D eigenvalue weighted by molar-refractivity contribution is 8.18. The van der Waals surface area contributed by atoms with Gasteiger partial charge in [0, 0.05) is 6.92 Å². The fourth-order valence-electron chi connectivity index (χ4n) is 1.79. The lowest BCUT2D eigenvalue weighted by Gasteiger charge is -2.11. The number of rotatable bonds is 5. The zero-order chi connectivity index (χ0) is 17.7. The molecule has 0 atom stereocenters. The summed E-state index contributed by atoms with van der Waals surface area (Å²) in [6.07, 6.45) is 1.58. The van der Waals surface area contributed by atoms with E-state index < -0.39 is 18.5 Å². The van der Waals surface area contributed by atoms with Crippen LogP contribution in [0.4, 0.5) is 0 Å². The number of hydrogen-bond donors (Lipinski definition) is 1. The van der Waals surface area contributed by atoms with E-state index in [0.29, 0.717) is 16.2 Å². The highest BCUT2D eigenvalue weighted by atomic mass is 32.2. The molecule has 0 unspecified atom stereocenters. The maximum Gasteiger partial charge on any atom is 0.286 e. The Balaban J connectivity index is 2.17. The third-order valence-electron chi connectivity index (χ3n) is 2.73. The molecule has 1 heterocycles. The van der Waals surface area contributed by atoms with Crippen LogP contribution in [0, 0.1) is 0 Å². The van der Waals surface area contributed by atoms with Crippen LogP contribution >= 0.6 is 11.8 Å². The van der Waals surface area contributed by atoms with Crippen molar-refractivity contribution in [3.8, 4) is 11.5 Å². The third-order valence-corrected chi connectivity index (χ3v) is 3.63. The minimum Gasteiger partial charge on any atom is -0.546 e. The smallest absolute Gasteiger partial charge is 0.286 e. The Morgan fingerprint density at radius 3 is 2.75 bits per heavy atom. The number of aliphatic imine (C=N–C) groups is 1. The molecule has 126 valence electrons. The summed E-state index contributed by atoms with van der Waals surface area (Å²) < 4.78 is 10.2. The molecule has 2 amide bonds. The van der Waals surface area contributed by atoms with Crippen molar-refractivity contribution in [2.75, 3.05) is 13.7 Å². The number of hydrogen-bond acceptors (Lipinski definition) is 7. The number of carbonyl (C=O) groups excluding carboxylic acids is 3. The number of carboxylic acids is 1. The van der Waals surface area contributed by atoms with Gasteiger partial charge in [-0.15, -0.1) is 0 Å². The van der Waals surface area contributed by atoms with Crippen molar-refractivity contribution in [1.82, 2.24) is 5.32 Å². The molecule has 0 aromatic heterocycles. The van der Waals surface area contributed by atoms with Crippen LogP contribution in [0.25, 0.3) is 6.08 Å². The second-order valence-electron chi connectivity index (χ2n) is 4.58. The van der Waals surface area contributed by atoms with Crippen molar-refractivity contribution in [3.05, 3.63) is 28.7 Å². The molecule has 2 rings (SSSR count). The van der Waals surface area contributed by atoms with Crippen LogP contribution in [-0.2, 0) is 14.4 Å². The average Bonchev–Trinajstić information content (AvgIpc) is 2.84. The highest BCUT2D eigenvalue weighted by Gasteiger charge is 2.22. The van der Waals surface area contributed by atoms with Gasteiger partial charge in [-0.25, -0.2) is 0 Å². The van der Waals surface area contributed by atoms with Crippen molar-refractivity contribution in [3.63, 3.8) is 0 Å². The Kier molecular flexibility index (Phi) is 5.59. The number of amidine groups is 1. The van der Waals surface area contributed by atoms with Gasteiger partial charge in [-0.05, 0) is 35.5 Å². The topological polar surface area (TPSA) is 117 Å². The van der Waals surface area contributed by atoms with Crippen LogP contribution in [0.3, 0.4) is 0 Å². The number of amides is 2. The van der Waals surface area contributed by atoms with Crippen molar-refractivity contribution >= 4 is 40.8 Å². The number of thioether (sulfide) groups is 1. The van der Waals surface area contributed by atoms with Crippen LogP contribution in [0.15, 0.2) is 28.1 Å². The summed E-state index contributed by atoms with van der Waals surface area (Å²) in [5, 5.41) is 13.1. The molecule has 0 radical (unpaired) electrons. The number of carboxylic acid groups (broad SMARTS) is 1. The minimum atomic E-state index is -1.35. The molecule has 1 aromatic rings. The molecule has 1 aliphatic rings. The maximum atomic E-state index is 11.8. The van der Waals surface area contributed by atoms with Gasteiger partial charge in [0.25, 0.3) is 5.91 Å².